The van der Waals surface area contributed by atoms with Gasteiger partial charge in [-0.25, -0.2) is 8.42 Å². The summed E-state index contributed by atoms with van der Waals surface area (Å²) < 4.78 is 32.8. The molecule has 1 aliphatic carbocycles. The van der Waals surface area contributed by atoms with Crippen molar-refractivity contribution < 1.29 is 17.9 Å². The Morgan fingerprint density at radius 2 is 1.95 bits per heavy atom. The van der Waals surface area contributed by atoms with Gasteiger partial charge in [0, 0.05) is 18.9 Å². The van der Waals surface area contributed by atoms with Gasteiger partial charge in [-0.15, -0.1) is 0 Å². The molecule has 0 aromatic heterocycles. The molecule has 1 saturated heterocycles. The summed E-state index contributed by atoms with van der Waals surface area (Å²) in [6.07, 6.45) is 2.16. The number of hydrogen-bond donors (Lipinski definition) is 0. The van der Waals surface area contributed by atoms with Crippen LogP contribution in [0.3, 0.4) is 0 Å². The van der Waals surface area contributed by atoms with Crippen molar-refractivity contribution in [3.05, 3.63) is 29.8 Å². The van der Waals surface area contributed by atoms with E-state index in [1.165, 1.54) is 4.31 Å². The second-order valence-corrected chi connectivity index (χ2v) is 7.93. The maximum Gasteiger partial charge on any atom is 0.243 e. The zero-order valence-electron chi connectivity index (χ0n) is 12.7. The summed E-state index contributed by atoms with van der Waals surface area (Å²) in [6.45, 7) is 2.92. The lowest BCUT2D eigenvalue weighted by molar-refractivity contribution is -0.123. The molecule has 22 heavy (non-hydrogen) atoms. The van der Waals surface area contributed by atoms with Gasteiger partial charge in [0.25, 0.3) is 0 Å². The van der Waals surface area contributed by atoms with Crippen molar-refractivity contribution >= 4 is 15.8 Å². The monoisotopic (exact) mass is 323 g/mol. The van der Waals surface area contributed by atoms with Gasteiger partial charge >= 0.3 is 0 Å². The van der Waals surface area contributed by atoms with Gasteiger partial charge in [0.1, 0.15) is 5.78 Å². The van der Waals surface area contributed by atoms with Crippen LogP contribution in [0.15, 0.2) is 29.2 Å². The first kappa shape index (κ1) is 15.6. The quantitative estimate of drug-likeness (QED) is 0.850. The largest absolute Gasteiger partial charge is 0.378 e. The minimum atomic E-state index is -3.59. The van der Waals surface area contributed by atoms with E-state index in [2.05, 4.69) is 0 Å². The molecule has 2 fully saturated rings. The van der Waals surface area contributed by atoms with Gasteiger partial charge in [0.15, 0.2) is 0 Å². The average Bonchev–Trinajstić information content (AvgIpc) is 2.94. The van der Waals surface area contributed by atoms with Gasteiger partial charge in [-0.2, -0.15) is 4.31 Å². The van der Waals surface area contributed by atoms with Crippen molar-refractivity contribution in [3.8, 4) is 0 Å². The van der Waals surface area contributed by atoms with E-state index in [1.54, 1.807) is 24.3 Å². The number of aryl methyl sites for hydroxylation is 1. The second kappa shape index (κ2) is 6.10. The number of sulfonamides is 1. The summed E-state index contributed by atoms with van der Waals surface area (Å²) >= 11 is 0. The molecule has 0 spiro atoms. The molecule has 0 radical (unpaired) electrons. The lowest BCUT2D eigenvalue weighted by Gasteiger charge is -2.37. The molecule has 1 aromatic carbocycles. The zero-order chi connectivity index (χ0) is 15.7. The van der Waals surface area contributed by atoms with Crippen LogP contribution in [0.1, 0.15) is 24.8 Å². The van der Waals surface area contributed by atoms with Crippen LogP contribution in [-0.2, 0) is 19.6 Å². The lowest BCUT2D eigenvalue weighted by Crippen LogP contribution is -2.52. The highest BCUT2D eigenvalue weighted by atomic mass is 32.2. The van der Waals surface area contributed by atoms with Crippen molar-refractivity contribution in [2.45, 2.75) is 37.1 Å². The minimum Gasteiger partial charge on any atom is -0.378 e. The van der Waals surface area contributed by atoms with E-state index < -0.39 is 10.0 Å². The Morgan fingerprint density at radius 3 is 2.59 bits per heavy atom. The molecule has 2 aliphatic rings. The van der Waals surface area contributed by atoms with Crippen molar-refractivity contribution in [2.75, 3.05) is 19.8 Å². The van der Waals surface area contributed by atoms with Crippen molar-refractivity contribution in [1.29, 1.82) is 0 Å². The Morgan fingerprint density at radius 1 is 1.23 bits per heavy atom. The fourth-order valence-corrected chi connectivity index (χ4v) is 4.95. The first-order valence-electron chi connectivity index (χ1n) is 7.69. The van der Waals surface area contributed by atoms with Crippen LogP contribution in [0.5, 0.6) is 0 Å². The van der Waals surface area contributed by atoms with Crippen molar-refractivity contribution in [1.82, 2.24) is 4.31 Å². The Kier molecular flexibility index (Phi) is 4.34. The highest BCUT2D eigenvalue weighted by Crippen LogP contribution is 2.32. The third-order valence-electron chi connectivity index (χ3n) is 4.56. The normalized spacial score (nSPS) is 27.2. The molecular weight excluding hydrogens is 302 g/mol. The second-order valence-electron chi connectivity index (χ2n) is 6.04. The predicted molar refractivity (Wildman–Crippen MR) is 82.0 cm³/mol. The summed E-state index contributed by atoms with van der Waals surface area (Å²) in [5.74, 6) is -0.0554. The molecule has 1 aliphatic heterocycles. The third-order valence-corrected chi connectivity index (χ3v) is 6.50. The van der Waals surface area contributed by atoms with Crippen LogP contribution in [0.25, 0.3) is 0 Å². The lowest BCUT2D eigenvalue weighted by atomic mass is 9.97. The molecule has 2 unspecified atom stereocenters. The number of nitrogens with zero attached hydrogens (tertiary/aromatic N) is 1. The number of hydrogen-bond acceptors (Lipinski definition) is 4. The highest BCUT2D eigenvalue weighted by Gasteiger charge is 2.42. The van der Waals surface area contributed by atoms with Crippen LogP contribution >= 0.6 is 0 Å². The Balaban J connectivity index is 1.92. The molecular formula is C16H21NO4S. The van der Waals surface area contributed by atoms with E-state index in [1.807, 2.05) is 6.92 Å². The van der Waals surface area contributed by atoms with Gasteiger partial charge in [-0.05, 0) is 31.9 Å². The molecule has 5 nitrogen and oxygen atoms in total. The fourth-order valence-electron chi connectivity index (χ4n) is 3.32. The van der Waals surface area contributed by atoms with Crippen LogP contribution in [-0.4, -0.2) is 44.3 Å². The topological polar surface area (TPSA) is 63.7 Å². The zero-order valence-corrected chi connectivity index (χ0v) is 13.5. The van der Waals surface area contributed by atoms with E-state index in [0.29, 0.717) is 26.2 Å². The number of rotatable bonds is 3. The maximum atomic E-state index is 12.9. The third kappa shape index (κ3) is 2.83. The highest BCUT2D eigenvalue weighted by molar-refractivity contribution is 7.89. The van der Waals surface area contributed by atoms with Crippen LogP contribution < -0.4 is 0 Å². The predicted octanol–water partition coefficient (Wildman–Crippen LogP) is 1.75. The van der Waals surface area contributed by atoms with Gasteiger partial charge in [0.05, 0.1) is 24.2 Å². The minimum absolute atomic E-state index is 0.166. The van der Waals surface area contributed by atoms with Crippen LogP contribution in [0.4, 0.5) is 0 Å². The molecule has 0 bridgehead atoms. The number of morpholine rings is 1. The first-order valence-corrected chi connectivity index (χ1v) is 9.13. The molecule has 120 valence electrons. The number of carbonyl (C=O) groups excluding carboxylic acids is 1. The first-order chi connectivity index (χ1) is 10.5. The van der Waals surface area contributed by atoms with Gasteiger partial charge in [-0.3, -0.25) is 4.79 Å². The van der Waals surface area contributed by atoms with Crippen LogP contribution in [0, 0.1) is 12.8 Å². The van der Waals surface area contributed by atoms with E-state index in [0.717, 1.165) is 18.4 Å². The summed E-state index contributed by atoms with van der Waals surface area (Å²) in [5, 5.41) is 0. The summed E-state index contributed by atoms with van der Waals surface area (Å²) in [5.41, 5.74) is 1.02. The smallest absolute Gasteiger partial charge is 0.243 e. The maximum absolute atomic E-state index is 12.9. The summed E-state index contributed by atoms with van der Waals surface area (Å²) in [6, 6.07) is 6.49. The molecule has 1 heterocycles. The number of Topliss-reactive ketones (excluding diaryl/α,β-unsaturated/α-hetero) is 1. The summed E-state index contributed by atoms with van der Waals surface area (Å²) in [7, 11) is -3.59. The number of ether oxygens (including phenoxy) is 1. The van der Waals surface area contributed by atoms with Crippen LogP contribution in [0.2, 0.25) is 0 Å². The van der Waals surface area contributed by atoms with Gasteiger partial charge in [0.2, 0.25) is 10.0 Å². The Hall–Kier alpha value is -1.24. The Labute approximate surface area is 131 Å². The molecule has 1 aromatic rings. The molecule has 3 rings (SSSR count). The fraction of sp³-hybridized carbons (Fsp3) is 0.562. The number of ketones is 1. The number of carbonyl (C=O) groups is 1. The van der Waals surface area contributed by atoms with E-state index in [4.69, 9.17) is 4.74 Å². The SMILES string of the molecule is Cc1ccc(S(=O)(=O)N2CCOCC2C2CCCC2=O)cc1. The van der Waals surface area contributed by atoms with E-state index >= 15 is 0 Å². The molecule has 2 atom stereocenters. The summed E-state index contributed by atoms with van der Waals surface area (Å²) in [4.78, 5) is 12.3. The Bertz CT molecular complexity index is 653. The molecule has 0 N–H and O–H groups in total. The molecule has 6 heteroatoms. The number of benzene rings is 1. The standard InChI is InChI=1S/C16H21NO4S/c1-12-5-7-13(8-6-12)22(19,20)17-9-10-21-11-15(17)14-3-2-4-16(14)18/h5-8,14-15H,2-4,9-11H2,1H3. The van der Waals surface area contributed by atoms with E-state index in [9.17, 15) is 13.2 Å². The molecule has 1 saturated carbocycles. The average molecular weight is 323 g/mol. The molecule has 0 amide bonds. The van der Waals surface area contributed by atoms with Gasteiger partial charge in [-0.1, -0.05) is 17.7 Å². The van der Waals surface area contributed by atoms with Crippen molar-refractivity contribution in [2.24, 2.45) is 5.92 Å². The van der Waals surface area contributed by atoms with E-state index in [-0.39, 0.29) is 22.6 Å². The van der Waals surface area contributed by atoms with Gasteiger partial charge < -0.3 is 4.74 Å². The van der Waals surface area contributed by atoms with Crippen molar-refractivity contribution in [3.63, 3.8) is 0 Å².